The molecular weight excluding hydrogens is 189 g/mol. The van der Waals surface area contributed by atoms with Crippen LogP contribution in [0.5, 0.6) is 0 Å². The normalized spacial score (nSPS) is 12.2. The second-order valence-corrected chi connectivity index (χ2v) is 4.05. The maximum atomic E-state index is 10.5. The molecule has 0 aliphatic rings. The van der Waals surface area contributed by atoms with Gasteiger partial charge < -0.3 is 15.5 Å². The van der Waals surface area contributed by atoms with Crippen LogP contribution in [0.1, 0.15) is 5.56 Å². The molecule has 0 amide bonds. The summed E-state index contributed by atoms with van der Waals surface area (Å²) in [5.74, 6) is 0.860. The van der Waals surface area contributed by atoms with E-state index >= 15 is 0 Å². The van der Waals surface area contributed by atoms with Gasteiger partial charge in [0.15, 0.2) is 0 Å². The third-order valence-corrected chi connectivity index (χ3v) is 1.94. The van der Waals surface area contributed by atoms with E-state index in [1.807, 2.05) is 0 Å². The molecule has 0 fully saturated rings. The smallest absolute Gasteiger partial charge is 0.349 e. The van der Waals surface area contributed by atoms with Crippen LogP contribution in [0, 0.1) is 0 Å². The SMILES string of the molecule is Nc1ccc(C=CP(=O)(O)O)cc1. The molecule has 70 valence electrons. The van der Waals surface area contributed by atoms with E-state index in [9.17, 15) is 4.57 Å². The van der Waals surface area contributed by atoms with Crippen molar-refractivity contribution in [2.24, 2.45) is 0 Å². The minimum absolute atomic E-state index is 0.619. The predicted octanol–water partition coefficient (Wildman–Crippen LogP) is 1.42. The standard InChI is InChI=1S/C8H10NO3P/c9-8-3-1-7(2-4-8)5-6-13(10,11)12/h1-6H,9H2,(H2,10,11,12). The van der Waals surface area contributed by atoms with Crippen molar-refractivity contribution < 1.29 is 14.4 Å². The molecule has 5 heteroatoms. The van der Waals surface area contributed by atoms with E-state index in [1.165, 1.54) is 6.08 Å². The molecule has 13 heavy (non-hydrogen) atoms. The fourth-order valence-electron chi connectivity index (χ4n) is 0.790. The molecule has 1 aromatic rings. The Hall–Kier alpha value is -1.09. The molecule has 0 saturated carbocycles. The topological polar surface area (TPSA) is 83.6 Å². The summed E-state index contributed by atoms with van der Waals surface area (Å²) in [6.45, 7) is 0. The zero-order chi connectivity index (χ0) is 9.90. The van der Waals surface area contributed by atoms with Crippen molar-refractivity contribution in [3.8, 4) is 0 Å². The van der Waals surface area contributed by atoms with Gasteiger partial charge >= 0.3 is 7.60 Å². The van der Waals surface area contributed by atoms with Crippen LogP contribution < -0.4 is 5.73 Å². The molecule has 0 aromatic heterocycles. The molecule has 4 nitrogen and oxygen atoms in total. The first-order valence-corrected chi connectivity index (χ1v) is 5.25. The molecule has 0 atom stereocenters. The van der Waals surface area contributed by atoms with Crippen LogP contribution in [-0.2, 0) is 4.57 Å². The lowest BCUT2D eigenvalue weighted by molar-refractivity contribution is 0.386. The molecule has 0 aliphatic heterocycles. The van der Waals surface area contributed by atoms with Crippen LogP contribution in [0.2, 0.25) is 0 Å². The molecule has 0 radical (unpaired) electrons. The van der Waals surface area contributed by atoms with Crippen LogP contribution in [0.25, 0.3) is 6.08 Å². The number of anilines is 1. The minimum atomic E-state index is -4.05. The van der Waals surface area contributed by atoms with Gasteiger partial charge in [-0.2, -0.15) is 0 Å². The summed E-state index contributed by atoms with van der Waals surface area (Å²) in [5, 5.41) is 0. The lowest BCUT2D eigenvalue weighted by Crippen LogP contribution is -1.82. The monoisotopic (exact) mass is 199 g/mol. The Morgan fingerprint density at radius 1 is 1.23 bits per heavy atom. The van der Waals surface area contributed by atoms with Crippen molar-refractivity contribution in [2.45, 2.75) is 0 Å². The van der Waals surface area contributed by atoms with E-state index in [-0.39, 0.29) is 0 Å². The van der Waals surface area contributed by atoms with Crippen molar-refractivity contribution >= 4 is 19.4 Å². The van der Waals surface area contributed by atoms with Crippen LogP contribution >= 0.6 is 7.60 Å². The summed E-state index contributed by atoms with van der Waals surface area (Å²) in [7, 11) is -4.05. The highest BCUT2D eigenvalue weighted by Gasteiger charge is 2.04. The highest BCUT2D eigenvalue weighted by atomic mass is 31.2. The number of nitrogen functional groups attached to an aromatic ring is 1. The Morgan fingerprint density at radius 2 is 1.77 bits per heavy atom. The van der Waals surface area contributed by atoms with Crippen molar-refractivity contribution in [2.75, 3.05) is 5.73 Å². The van der Waals surface area contributed by atoms with E-state index in [4.69, 9.17) is 15.5 Å². The van der Waals surface area contributed by atoms with Gasteiger partial charge in [-0.3, -0.25) is 4.57 Å². The Morgan fingerprint density at radius 3 is 2.23 bits per heavy atom. The molecule has 0 saturated heterocycles. The molecule has 0 unspecified atom stereocenters. The van der Waals surface area contributed by atoms with Gasteiger partial charge in [0.05, 0.1) is 0 Å². The Bertz CT molecular complexity index is 352. The summed E-state index contributed by atoms with van der Waals surface area (Å²) < 4.78 is 10.5. The average Bonchev–Trinajstić information content (AvgIpc) is 2.02. The maximum Gasteiger partial charge on any atom is 0.349 e. The van der Waals surface area contributed by atoms with Gasteiger partial charge in [-0.05, 0) is 23.8 Å². The van der Waals surface area contributed by atoms with E-state index in [0.29, 0.717) is 11.3 Å². The molecule has 1 aromatic carbocycles. The number of rotatable bonds is 2. The molecule has 0 heterocycles. The summed E-state index contributed by atoms with van der Waals surface area (Å²) >= 11 is 0. The first-order chi connectivity index (χ1) is 5.97. The summed E-state index contributed by atoms with van der Waals surface area (Å²) in [4.78, 5) is 17.1. The Labute approximate surface area is 75.9 Å². The quantitative estimate of drug-likeness (QED) is 0.496. The number of hydrogen-bond acceptors (Lipinski definition) is 2. The van der Waals surface area contributed by atoms with Gasteiger partial charge in [0.2, 0.25) is 0 Å². The Kier molecular flexibility index (Phi) is 2.88. The van der Waals surface area contributed by atoms with E-state index in [2.05, 4.69) is 0 Å². The zero-order valence-corrected chi connectivity index (χ0v) is 7.69. The van der Waals surface area contributed by atoms with Gasteiger partial charge in [0.25, 0.3) is 0 Å². The minimum Gasteiger partial charge on any atom is -0.399 e. The van der Waals surface area contributed by atoms with Gasteiger partial charge in [0.1, 0.15) is 0 Å². The second kappa shape index (κ2) is 3.75. The highest BCUT2D eigenvalue weighted by Crippen LogP contribution is 2.36. The average molecular weight is 199 g/mol. The van der Waals surface area contributed by atoms with Gasteiger partial charge in [-0.1, -0.05) is 12.1 Å². The zero-order valence-electron chi connectivity index (χ0n) is 6.79. The molecule has 1 rings (SSSR count). The molecular formula is C8H10NO3P. The first kappa shape index (κ1) is 9.99. The van der Waals surface area contributed by atoms with Crippen LogP contribution in [0.4, 0.5) is 5.69 Å². The predicted molar refractivity (Wildman–Crippen MR) is 51.9 cm³/mol. The lowest BCUT2D eigenvalue weighted by Gasteiger charge is -1.96. The maximum absolute atomic E-state index is 10.5. The molecule has 0 spiro atoms. The molecule has 4 N–H and O–H groups in total. The highest BCUT2D eigenvalue weighted by molar-refractivity contribution is 7.55. The van der Waals surface area contributed by atoms with Crippen molar-refractivity contribution in [3.05, 3.63) is 35.6 Å². The lowest BCUT2D eigenvalue weighted by atomic mass is 10.2. The van der Waals surface area contributed by atoms with Gasteiger partial charge in [-0.25, -0.2) is 0 Å². The number of benzene rings is 1. The molecule has 0 aliphatic carbocycles. The summed E-state index contributed by atoms with van der Waals surface area (Å²) in [5.41, 5.74) is 6.76. The third kappa shape index (κ3) is 3.90. The summed E-state index contributed by atoms with van der Waals surface area (Å²) in [6, 6.07) is 6.70. The van der Waals surface area contributed by atoms with E-state index in [0.717, 1.165) is 5.82 Å². The van der Waals surface area contributed by atoms with E-state index in [1.54, 1.807) is 24.3 Å². The van der Waals surface area contributed by atoms with Gasteiger partial charge in [0, 0.05) is 11.5 Å². The fourth-order valence-corrected chi connectivity index (χ4v) is 1.16. The largest absolute Gasteiger partial charge is 0.399 e. The van der Waals surface area contributed by atoms with E-state index < -0.39 is 7.60 Å². The molecule has 0 bridgehead atoms. The number of nitrogens with two attached hydrogens (primary N) is 1. The summed E-state index contributed by atoms with van der Waals surface area (Å²) in [6.07, 6.45) is 1.36. The first-order valence-electron chi connectivity index (χ1n) is 3.57. The van der Waals surface area contributed by atoms with Crippen molar-refractivity contribution in [1.82, 2.24) is 0 Å². The second-order valence-electron chi connectivity index (χ2n) is 2.57. The fraction of sp³-hybridized carbons (Fsp3) is 0. The Balaban J connectivity index is 2.81. The van der Waals surface area contributed by atoms with Crippen LogP contribution in [-0.4, -0.2) is 9.79 Å². The van der Waals surface area contributed by atoms with Gasteiger partial charge in [-0.15, -0.1) is 0 Å². The third-order valence-electron chi connectivity index (χ3n) is 1.40. The van der Waals surface area contributed by atoms with Crippen LogP contribution in [0.3, 0.4) is 0 Å². The van der Waals surface area contributed by atoms with Crippen molar-refractivity contribution in [3.63, 3.8) is 0 Å². The number of hydrogen-bond donors (Lipinski definition) is 3. The van der Waals surface area contributed by atoms with Crippen molar-refractivity contribution in [1.29, 1.82) is 0 Å². The van der Waals surface area contributed by atoms with Crippen LogP contribution in [0.15, 0.2) is 30.1 Å².